The molecule has 5 nitrogen and oxygen atoms in total. The summed E-state index contributed by atoms with van der Waals surface area (Å²) in [5.41, 5.74) is 0. The number of piperidine rings is 1. The van der Waals surface area contributed by atoms with E-state index in [4.69, 9.17) is 4.74 Å². The van der Waals surface area contributed by atoms with Crippen molar-refractivity contribution in [2.24, 2.45) is 0 Å². The molecule has 0 aromatic heterocycles. The van der Waals surface area contributed by atoms with Crippen LogP contribution in [-0.2, 0) is 14.3 Å². The minimum Gasteiger partial charge on any atom is -0.466 e. The Balaban J connectivity index is 2.11. The van der Waals surface area contributed by atoms with Crippen molar-refractivity contribution in [1.29, 1.82) is 0 Å². The smallest absolute Gasteiger partial charge is 0.308 e. The summed E-state index contributed by atoms with van der Waals surface area (Å²) in [4.78, 5) is 24.9. The summed E-state index contributed by atoms with van der Waals surface area (Å²) in [6, 6.07) is 0. The maximum atomic E-state index is 11.8. The Labute approximate surface area is 118 Å². The third-order valence-corrected chi connectivity index (χ3v) is 4.02. The zero-order valence-electron chi connectivity index (χ0n) is 11.5. The molecule has 0 saturated carbocycles. The number of ether oxygens (including phenoxy) is 1. The number of esters is 1. The van der Waals surface area contributed by atoms with E-state index in [-0.39, 0.29) is 12.3 Å². The van der Waals surface area contributed by atoms with Crippen molar-refractivity contribution in [2.45, 2.75) is 38.7 Å². The standard InChI is InChI=1S/C13H23NO4S/c1-2-18-13(17)8-11(15)9-19-10-12(16)14-6-4-3-5-7-14/h11,15H,2-10H2,1H3. The highest BCUT2D eigenvalue weighted by atomic mass is 32.2. The fourth-order valence-corrected chi connectivity index (χ4v) is 2.85. The summed E-state index contributed by atoms with van der Waals surface area (Å²) in [5, 5.41) is 9.62. The van der Waals surface area contributed by atoms with Crippen molar-refractivity contribution in [2.75, 3.05) is 31.2 Å². The monoisotopic (exact) mass is 289 g/mol. The topological polar surface area (TPSA) is 66.8 Å². The lowest BCUT2D eigenvalue weighted by atomic mass is 10.1. The van der Waals surface area contributed by atoms with E-state index in [9.17, 15) is 14.7 Å². The molecule has 6 heteroatoms. The van der Waals surface area contributed by atoms with E-state index in [1.165, 1.54) is 18.2 Å². The van der Waals surface area contributed by atoms with Gasteiger partial charge in [0.2, 0.25) is 5.91 Å². The van der Waals surface area contributed by atoms with Crippen LogP contribution in [0.3, 0.4) is 0 Å². The summed E-state index contributed by atoms with van der Waals surface area (Å²) < 4.78 is 4.75. The second kappa shape index (κ2) is 9.20. The largest absolute Gasteiger partial charge is 0.466 e. The molecule has 1 heterocycles. The van der Waals surface area contributed by atoms with Crippen LogP contribution in [-0.4, -0.2) is 59.2 Å². The van der Waals surface area contributed by atoms with Crippen LogP contribution in [0.5, 0.6) is 0 Å². The number of aliphatic hydroxyl groups is 1. The summed E-state index contributed by atoms with van der Waals surface area (Å²) in [6.45, 7) is 3.76. The van der Waals surface area contributed by atoms with E-state index in [1.807, 2.05) is 4.90 Å². The van der Waals surface area contributed by atoms with Crippen molar-refractivity contribution < 1.29 is 19.4 Å². The number of carbonyl (C=O) groups excluding carboxylic acids is 2. The average molecular weight is 289 g/mol. The van der Waals surface area contributed by atoms with Gasteiger partial charge in [-0.15, -0.1) is 11.8 Å². The van der Waals surface area contributed by atoms with E-state index in [0.29, 0.717) is 18.1 Å². The highest BCUT2D eigenvalue weighted by Gasteiger charge is 2.17. The van der Waals surface area contributed by atoms with Crippen molar-refractivity contribution in [3.8, 4) is 0 Å². The Morgan fingerprint density at radius 1 is 1.32 bits per heavy atom. The van der Waals surface area contributed by atoms with Gasteiger partial charge in [0, 0.05) is 18.8 Å². The van der Waals surface area contributed by atoms with Crippen LogP contribution in [0.25, 0.3) is 0 Å². The maximum absolute atomic E-state index is 11.8. The Morgan fingerprint density at radius 3 is 2.63 bits per heavy atom. The van der Waals surface area contributed by atoms with Crippen LogP contribution in [0.15, 0.2) is 0 Å². The van der Waals surface area contributed by atoms with Crippen LogP contribution >= 0.6 is 11.8 Å². The van der Waals surface area contributed by atoms with Gasteiger partial charge in [0.25, 0.3) is 0 Å². The molecule has 0 aromatic carbocycles. The van der Waals surface area contributed by atoms with Gasteiger partial charge in [-0.2, -0.15) is 0 Å². The molecule has 1 unspecified atom stereocenters. The Bertz CT molecular complexity index is 292. The average Bonchev–Trinajstić information content (AvgIpc) is 2.39. The predicted molar refractivity (Wildman–Crippen MR) is 75.0 cm³/mol. The zero-order chi connectivity index (χ0) is 14.1. The van der Waals surface area contributed by atoms with E-state index in [2.05, 4.69) is 0 Å². The minimum atomic E-state index is -0.738. The molecule has 0 bridgehead atoms. The highest BCUT2D eigenvalue weighted by molar-refractivity contribution is 7.99. The molecule has 1 atom stereocenters. The number of carbonyl (C=O) groups is 2. The molecular formula is C13H23NO4S. The summed E-state index contributed by atoms with van der Waals surface area (Å²) in [6.07, 6.45) is 2.63. The Morgan fingerprint density at radius 2 is 2.00 bits per heavy atom. The lowest BCUT2D eigenvalue weighted by Gasteiger charge is -2.26. The SMILES string of the molecule is CCOC(=O)CC(O)CSCC(=O)N1CCCCC1. The fraction of sp³-hybridized carbons (Fsp3) is 0.846. The highest BCUT2D eigenvalue weighted by Crippen LogP contribution is 2.12. The van der Waals surface area contributed by atoms with E-state index < -0.39 is 12.1 Å². The van der Waals surface area contributed by atoms with Crippen molar-refractivity contribution in [3.63, 3.8) is 0 Å². The van der Waals surface area contributed by atoms with Gasteiger partial charge in [0.1, 0.15) is 0 Å². The van der Waals surface area contributed by atoms with E-state index >= 15 is 0 Å². The van der Waals surface area contributed by atoms with Gasteiger partial charge in [-0.1, -0.05) is 0 Å². The van der Waals surface area contributed by atoms with Gasteiger partial charge in [-0.3, -0.25) is 9.59 Å². The zero-order valence-corrected chi connectivity index (χ0v) is 12.3. The molecule has 1 aliphatic heterocycles. The van der Waals surface area contributed by atoms with Gasteiger partial charge < -0.3 is 14.7 Å². The third-order valence-electron chi connectivity index (χ3n) is 2.95. The lowest BCUT2D eigenvalue weighted by molar-refractivity contribution is -0.145. The van der Waals surface area contributed by atoms with Gasteiger partial charge in [-0.25, -0.2) is 0 Å². The molecule has 1 aliphatic rings. The first-order valence-electron chi connectivity index (χ1n) is 6.82. The number of amides is 1. The quantitative estimate of drug-likeness (QED) is 0.710. The molecule has 0 aliphatic carbocycles. The molecule has 1 rings (SSSR count). The second-order valence-corrected chi connectivity index (χ2v) is 5.65. The first-order valence-corrected chi connectivity index (χ1v) is 7.98. The molecule has 0 spiro atoms. The van der Waals surface area contributed by atoms with Gasteiger partial charge in [0.15, 0.2) is 0 Å². The van der Waals surface area contributed by atoms with Crippen LogP contribution in [0.2, 0.25) is 0 Å². The molecule has 1 fully saturated rings. The molecule has 0 radical (unpaired) electrons. The minimum absolute atomic E-state index is 0.00125. The number of thioether (sulfide) groups is 1. The first-order chi connectivity index (χ1) is 9.13. The Hall–Kier alpha value is -0.750. The lowest BCUT2D eigenvalue weighted by Crippen LogP contribution is -2.37. The number of hydrogen-bond acceptors (Lipinski definition) is 5. The van der Waals surface area contributed by atoms with Crippen molar-refractivity contribution >= 4 is 23.6 Å². The van der Waals surface area contributed by atoms with Crippen LogP contribution in [0.4, 0.5) is 0 Å². The second-order valence-electron chi connectivity index (χ2n) is 4.62. The Kier molecular flexibility index (Phi) is 7.90. The summed E-state index contributed by atoms with van der Waals surface area (Å²) in [5.74, 6) is 0.504. The summed E-state index contributed by atoms with van der Waals surface area (Å²) >= 11 is 1.37. The van der Waals surface area contributed by atoms with Gasteiger partial charge in [-0.05, 0) is 26.2 Å². The molecular weight excluding hydrogens is 266 g/mol. The molecule has 1 saturated heterocycles. The number of hydrogen-bond donors (Lipinski definition) is 1. The third kappa shape index (κ3) is 6.82. The predicted octanol–water partition coefficient (Wildman–Crippen LogP) is 1.05. The molecule has 1 N–H and O–H groups in total. The maximum Gasteiger partial charge on any atom is 0.308 e. The number of aliphatic hydroxyl groups excluding tert-OH is 1. The van der Waals surface area contributed by atoms with Crippen LogP contribution in [0, 0.1) is 0 Å². The number of likely N-dealkylation sites (tertiary alicyclic amines) is 1. The van der Waals surface area contributed by atoms with Crippen LogP contribution < -0.4 is 0 Å². The van der Waals surface area contributed by atoms with Gasteiger partial charge in [0.05, 0.1) is 24.9 Å². The summed E-state index contributed by atoms with van der Waals surface area (Å²) in [7, 11) is 0. The normalized spacial score (nSPS) is 17.1. The molecule has 19 heavy (non-hydrogen) atoms. The number of rotatable bonds is 7. The van der Waals surface area contributed by atoms with E-state index in [1.54, 1.807) is 6.92 Å². The first kappa shape index (κ1) is 16.3. The molecule has 1 amide bonds. The molecule has 110 valence electrons. The molecule has 0 aromatic rings. The van der Waals surface area contributed by atoms with Gasteiger partial charge >= 0.3 is 5.97 Å². The van der Waals surface area contributed by atoms with Crippen LogP contribution in [0.1, 0.15) is 32.6 Å². The van der Waals surface area contributed by atoms with E-state index in [0.717, 1.165) is 25.9 Å². The fourth-order valence-electron chi connectivity index (χ4n) is 1.99. The van der Waals surface area contributed by atoms with Crippen molar-refractivity contribution in [3.05, 3.63) is 0 Å². The van der Waals surface area contributed by atoms with Crippen molar-refractivity contribution in [1.82, 2.24) is 4.90 Å². The number of nitrogens with zero attached hydrogens (tertiary/aromatic N) is 1.